The number of hydrogen-bond donors (Lipinski definition) is 2. The first kappa shape index (κ1) is 18.7. The number of benzene rings is 1. The van der Waals surface area contributed by atoms with Crippen molar-refractivity contribution in [3.05, 3.63) is 24.0 Å². The third-order valence-corrected chi connectivity index (χ3v) is 6.65. The minimum atomic E-state index is -3.49. The second-order valence-electron chi connectivity index (χ2n) is 6.05. The molecule has 0 atom stereocenters. The van der Waals surface area contributed by atoms with E-state index < -0.39 is 21.3 Å². The maximum absolute atomic E-state index is 14.1. The van der Waals surface area contributed by atoms with Crippen molar-refractivity contribution < 1.29 is 17.6 Å². The highest BCUT2D eigenvalue weighted by molar-refractivity contribution is 7.93. The van der Waals surface area contributed by atoms with Crippen LogP contribution in [0.3, 0.4) is 0 Å². The summed E-state index contributed by atoms with van der Waals surface area (Å²) in [5.74, 6) is -0.864. The molecule has 0 unspecified atom stereocenters. The fourth-order valence-corrected chi connectivity index (χ4v) is 4.47. The summed E-state index contributed by atoms with van der Waals surface area (Å²) < 4.78 is 39.2. The molecule has 1 fully saturated rings. The Morgan fingerprint density at radius 3 is 2.54 bits per heavy atom. The lowest BCUT2D eigenvalue weighted by Gasteiger charge is -2.28. The molecule has 0 spiro atoms. The highest BCUT2D eigenvalue weighted by Gasteiger charge is 2.34. The molecule has 134 valence electrons. The van der Waals surface area contributed by atoms with Crippen LogP contribution in [0.25, 0.3) is 0 Å². The number of halogens is 1. The predicted molar refractivity (Wildman–Crippen MR) is 92.8 cm³/mol. The molecule has 1 aliphatic rings. The van der Waals surface area contributed by atoms with Crippen molar-refractivity contribution in [2.45, 2.75) is 33.1 Å². The van der Waals surface area contributed by atoms with Crippen LogP contribution in [-0.2, 0) is 14.8 Å². The molecule has 1 amide bonds. The quantitative estimate of drug-likeness (QED) is 0.815. The van der Waals surface area contributed by atoms with Crippen molar-refractivity contribution in [1.29, 1.82) is 0 Å². The van der Waals surface area contributed by atoms with Crippen molar-refractivity contribution in [3.8, 4) is 0 Å². The number of nitrogens with two attached hydrogens (primary N) is 1. The number of carbonyl (C=O) groups excluding carboxylic acids is 1. The van der Waals surface area contributed by atoms with E-state index in [2.05, 4.69) is 5.32 Å². The minimum Gasteiger partial charge on any atom is -0.329 e. The van der Waals surface area contributed by atoms with Gasteiger partial charge >= 0.3 is 0 Å². The molecule has 1 heterocycles. The number of anilines is 2. The Hall–Kier alpha value is -1.67. The Bertz CT molecular complexity index is 709. The van der Waals surface area contributed by atoms with Gasteiger partial charge in [0.25, 0.3) is 0 Å². The molecule has 0 bridgehead atoms. The predicted octanol–water partition coefficient (Wildman–Crippen LogP) is 2.07. The second-order valence-corrected chi connectivity index (χ2v) is 8.07. The van der Waals surface area contributed by atoms with Gasteiger partial charge < -0.3 is 11.1 Å². The molecule has 2 rings (SSSR count). The van der Waals surface area contributed by atoms with Gasteiger partial charge in [0, 0.05) is 18.8 Å². The molecule has 0 aliphatic carbocycles. The van der Waals surface area contributed by atoms with Gasteiger partial charge in [-0.3, -0.25) is 9.10 Å². The zero-order valence-corrected chi connectivity index (χ0v) is 14.8. The largest absolute Gasteiger partial charge is 0.329 e. The molecule has 1 aromatic rings. The van der Waals surface area contributed by atoms with E-state index in [1.54, 1.807) is 0 Å². The summed E-state index contributed by atoms with van der Waals surface area (Å²) in [5, 5.41) is 2.75. The topological polar surface area (TPSA) is 92.5 Å². The van der Waals surface area contributed by atoms with Gasteiger partial charge in [-0.25, -0.2) is 12.8 Å². The lowest BCUT2D eigenvalue weighted by Crippen LogP contribution is -2.41. The number of rotatable bonds is 6. The average Bonchev–Trinajstić information content (AvgIpc) is 2.90. The van der Waals surface area contributed by atoms with Crippen molar-refractivity contribution in [2.24, 2.45) is 11.1 Å². The minimum absolute atomic E-state index is 0.00494. The van der Waals surface area contributed by atoms with Gasteiger partial charge in [-0.1, -0.05) is 13.8 Å². The van der Waals surface area contributed by atoms with E-state index >= 15 is 0 Å². The van der Waals surface area contributed by atoms with Gasteiger partial charge in [-0.05, 0) is 37.5 Å². The molecule has 8 heteroatoms. The number of sulfonamides is 1. The molecular weight excluding hydrogens is 333 g/mol. The summed E-state index contributed by atoms with van der Waals surface area (Å²) in [7, 11) is -3.49. The number of nitrogens with zero attached hydrogens (tertiary/aromatic N) is 1. The normalized spacial score (nSPS) is 17.1. The number of nitrogens with one attached hydrogen (secondary N) is 1. The van der Waals surface area contributed by atoms with Crippen LogP contribution >= 0.6 is 0 Å². The average molecular weight is 357 g/mol. The fourth-order valence-electron chi connectivity index (χ4n) is 2.91. The van der Waals surface area contributed by atoms with Crippen LogP contribution in [0.1, 0.15) is 33.1 Å². The summed E-state index contributed by atoms with van der Waals surface area (Å²) in [6.45, 7) is 4.24. The molecule has 1 aromatic carbocycles. The van der Waals surface area contributed by atoms with Gasteiger partial charge in [0.2, 0.25) is 15.9 Å². The first-order chi connectivity index (χ1) is 11.3. The summed E-state index contributed by atoms with van der Waals surface area (Å²) >= 11 is 0. The first-order valence-corrected chi connectivity index (χ1v) is 9.72. The highest BCUT2D eigenvalue weighted by atomic mass is 32.2. The van der Waals surface area contributed by atoms with Gasteiger partial charge in [0.1, 0.15) is 5.82 Å². The lowest BCUT2D eigenvalue weighted by atomic mass is 9.81. The summed E-state index contributed by atoms with van der Waals surface area (Å²) in [4.78, 5) is 12.6. The summed E-state index contributed by atoms with van der Waals surface area (Å²) in [6.07, 6.45) is 1.63. The molecule has 6 nitrogen and oxygen atoms in total. The molecule has 1 saturated heterocycles. The van der Waals surface area contributed by atoms with Crippen LogP contribution in [0, 0.1) is 11.2 Å². The molecule has 1 aliphatic heterocycles. The fraction of sp³-hybridized carbons (Fsp3) is 0.562. The van der Waals surface area contributed by atoms with E-state index in [-0.39, 0.29) is 30.4 Å². The van der Waals surface area contributed by atoms with Crippen LogP contribution in [0.5, 0.6) is 0 Å². The first-order valence-electron chi connectivity index (χ1n) is 8.11. The zero-order valence-electron chi connectivity index (χ0n) is 14.0. The maximum Gasteiger partial charge on any atom is 0.235 e. The van der Waals surface area contributed by atoms with Crippen molar-refractivity contribution >= 4 is 27.3 Å². The smallest absolute Gasteiger partial charge is 0.235 e. The summed E-state index contributed by atoms with van der Waals surface area (Å²) in [5.41, 5.74) is 5.41. The number of carbonyl (C=O) groups is 1. The van der Waals surface area contributed by atoms with E-state index in [1.165, 1.54) is 18.2 Å². The monoisotopic (exact) mass is 357 g/mol. The van der Waals surface area contributed by atoms with Gasteiger partial charge in [0.15, 0.2) is 0 Å². The Balaban J connectivity index is 2.30. The standard InChI is InChI=1S/C16H24FN3O3S/c1-3-16(4-2,11-18)15(21)19-12-6-7-13(17)14(10-12)20-8-5-9-24(20,22)23/h6-7,10H,3-5,8-9,11,18H2,1-2H3,(H,19,21). The highest BCUT2D eigenvalue weighted by Crippen LogP contribution is 2.31. The van der Waals surface area contributed by atoms with E-state index in [1.807, 2.05) is 13.8 Å². The second kappa shape index (κ2) is 7.06. The number of hydrogen-bond acceptors (Lipinski definition) is 4. The van der Waals surface area contributed by atoms with E-state index in [0.29, 0.717) is 24.9 Å². The Morgan fingerprint density at radius 2 is 2.04 bits per heavy atom. The van der Waals surface area contributed by atoms with E-state index in [9.17, 15) is 17.6 Å². The maximum atomic E-state index is 14.1. The zero-order chi connectivity index (χ0) is 18.0. The van der Waals surface area contributed by atoms with Crippen LogP contribution in [-0.4, -0.2) is 33.2 Å². The van der Waals surface area contributed by atoms with E-state index in [0.717, 1.165) is 4.31 Å². The van der Waals surface area contributed by atoms with Crippen LogP contribution in [0.4, 0.5) is 15.8 Å². The molecule has 3 N–H and O–H groups in total. The van der Waals surface area contributed by atoms with Gasteiger partial charge in [-0.2, -0.15) is 0 Å². The van der Waals surface area contributed by atoms with E-state index in [4.69, 9.17) is 5.73 Å². The van der Waals surface area contributed by atoms with Crippen LogP contribution in [0.2, 0.25) is 0 Å². The van der Waals surface area contributed by atoms with Crippen LogP contribution in [0.15, 0.2) is 18.2 Å². The van der Waals surface area contributed by atoms with Crippen LogP contribution < -0.4 is 15.4 Å². The Labute approximate surface area is 142 Å². The van der Waals surface area contributed by atoms with Gasteiger partial charge in [0.05, 0.1) is 16.9 Å². The van der Waals surface area contributed by atoms with Crippen molar-refractivity contribution in [2.75, 3.05) is 28.5 Å². The lowest BCUT2D eigenvalue weighted by molar-refractivity contribution is -0.125. The Morgan fingerprint density at radius 1 is 1.38 bits per heavy atom. The molecular formula is C16H24FN3O3S. The van der Waals surface area contributed by atoms with Crippen molar-refractivity contribution in [3.63, 3.8) is 0 Å². The van der Waals surface area contributed by atoms with Gasteiger partial charge in [-0.15, -0.1) is 0 Å². The third-order valence-electron chi connectivity index (χ3n) is 4.80. The summed E-state index contributed by atoms with van der Waals surface area (Å²) in [6, 6.07) is 3.95. The molecule has 0 radical (unpaired) electrons. The van der Waals surface area contributed by atoms with Crippen molar-refractivity contribution in [1.82, 2.24) is 0 Å². The third kappa shape index (κ3) is 3.39. The SMILES string of the molecule is CCC(CC)(CN)C(=O)Nc1ccc(F)c(N2CCCS2(=O)=O)c1. The molecule has 24 heavy (non-hydrogen) atoms. The number of amides is 1. The molecule has 0 saturated carbocycles. The molecule has 0 aromatic heterocycles. The Kier molecular flexibility index (Phi) is 5.49.